The first kappa shape index (κ1) is 10.9. The first-order chi connectivity index (χ1) is 6.61. The van der Waals surface area contributed by atoms with Gasteiger partial charge in [0.2, 0.25) is 0 Å². The maximum absolute atomic E-state index is 8.70. The molecule has 0 aliphatic heterocycles. The van der Waals surface area contributed by atoms with Gasteiger partial charge in [0.15, 0.2) is 0 Å². The van der Waals surface area contributed by atoms with Crippen LogP contribution in [0.25, 0.3) is 0 Å². The standard InChI is InChI=1S/C11H12ClNO/c1-7-6-10(12)8(2)9(4-5-13)11(7)14-3/h6H,4H2,1-3H3. The van der Waals surface area contributed by atoms with Gasteiger partial charge in [0.05, 0.1) is 19.6 Å². The highest BCUT2D eigenvalue weighted by molar-refractivity contribution is 6.31. The minimum Gasteiger partial charge on any atom is -0.496 e. The zero-order valence-corrected chi connectivity index (χ0v) is 9.27. The monoisotopic (exact) mass is 209 g/mol. The minimum atomic E-state index is 0.330. The third kappa shape index (κ3) is 1.83. The molecule has 0 spiro atoms. The average Bonchev–Trinajstić information content (AvgIpc) is 2.14. The summed E-state index contributed by atoms with van der Waals surface area (Å²) < 4.78 is 5.25. The molecular weight excluding hydrogens is 198 g/mol. The highest BCUT2D eigenvalue weighted by Gasteiger charge is 2.12. The number of rotatable bonds is 2. The van der Waals surface area contributed by atoms with Crippen molar-refractivity contribution < 1.29 is 4.74 Å². The Labute approximate surface area is 89.1 Å². The maximum Gasteiger partial charge on any atom is 0.126 e. The summed E-state index contributed by atoms with van der Waals surface area (Å²) in [5.74, 6) is 0.772. The first-order valence-electron chi connectivity index (χ1n) is 4.31. The van der Waals surface area contributed by atoms with Crippen LogP contribution in [0.5, 0.6) is 5.75 Å². The number of halogens is 1. The van der Waals surface area contributed by atoms with Gasteiger partial charge in [0, 0.05) is 10.6 Å². The highest BCUT2D eigenvalue weighted by Crippen LogP contribution is 2.32. The zero-order chi connectivity index (χ0) is 10.7. The summed E-state index contributed by atoms with van der Waals surface area (Å²) in [6.07, 6.45) is 0.330. The Hall–Kier alpha value is -1.20. The number of methoxy groups -OCH3 is 1. The van der Waals surface area contributed by atoms with Crippen molar-refractivity contribution in [3.05, 3.63) is 27.8 Å². The quantitative estimate of drug-likeness (QED) is 0.750. The number of hydrogen-bond acceptors (Lipinski definition) is 2. The molecule has 0 unspecified atom stereocenters. The van der Waals surface area contributed by atoms with Crippen molar-refractivity contribution in [2.24, 2.45) is 0 Å². The molecule has 1 aromatic rings. The summed E-state index contributed by atoms with van der Waals surface area (Å²) in [5, 5.41) is 9.39. The molecule has 0 amide bonds. The fourth-order valence-corrected chi connectivity index (χ4v) is 1.77. The summed E-state index contributed by atoms with van der Waals surface area (Å²) >= 11 is 6.02. The normalized spacial score (nSPS) is 9.64. The van der Waals surface area contributed by atoms with Gasteiger partial charge >= 0.3 is 0 Å². The predicted octanol–water partition coefficient (Wildman–Crippen LogP) is 3.03. The lowest BCUT2D eigenvalue weighted by molar-refractivity contribution is 0.407. The highest BCUT2D eigenvalue weighted by atomic mass is 35.5. The number of ether oxygens (including phenoxy) is 1. The smallest absolute Gasteiger partial charge is 0.126 e. The molecule has 74 valence electrons. The van der Waals surface area contributed by atoms with Gasteiger partial charge in [-0.25, -0.2) is 0 Å². The lowest BCUT2D eigenvalue weighted by atomic mass is 10.0. The van der Waals surface area contributed by atoms with Crippen LogP contribution in [0.15, 0.2) is 6.07 Å². The number of hydrogen-bond donors (Lipinski definition) is 0. The van der Waals surface area contributed by atoms with Crippen LogP contribution in [0.3, 0.4) is 0 Å². The third-order valence-electron chi connectivity index (χ3n) is 2.25. The Bertz CT molecular complexity index is 393. The molecular formula is C11H12ClNO. The number of nitriles is 1. The average molecular weight is 210 g/mol. The van der Waals surface area contributed by atoms with E-state index >= 15 is 0 Å². The Balaban J connectivity index is 3.41. The summed E-state index contributed by atoms with van der Waals surface area (Å²) in [4.78, 5) is 0. The Morgan fingerprint density at radius 1 is 1.50 bits per heavy atom. The molecule has 0 heterocycles. The molecule has 0 N–H and O–H groups in total. The van der Waals surface area contributed by atoms with Crippen LogP contribution in [0, 0.1) is 25.2 Å². The SMILES string of the molecule is COc1c(C)cc(Cl)c(C)c1CC#N. The molecule has 0 aliphatic carbocycles. The van der Waals surface area contributed by atoms with E-state index in [-0.39, 0.29) is 0 Å². The minimum absolute atomic E-state index is 0.330. The first-order valence-corrected chi connectivity index (χ1v) is 4.69. The van der Waals surface area contributed by atoms with E-state index in [0.29, 0.717) is 11.4 Å². The molecule has 14 heavy (non-hydrogen) atoms. The summed E-state index contributed by atoms with van der Waals surface area (Å²) in [5.41, 5.74) is 2.78. The second-order valence-electron chi connectivity index (χ2n) is 3.15. The lowest BCUT2D eigenvalue weighted by Gasteiger charge is -2.13. The van der Waals surface area contributed by atoms with E-state index in [4.69, 9.17) is 21.6 Å². The van der Waals surface area contributed by atoms with Crippen LogP contribution in [0.2, 0.25) is 5.02 Å². The van der Waals surface area contributed by atoms with Gasteiger partial charge in [-0.2, -0.15) is 5.26 Å². The lowest BCUT2D eigenvalue weighted by Crippen LogP contribution is -1.98. The van der Waals surface area contributed by atoms with Crippen LogP contribution in [-0.2, 0) is 6.42 Å². The number of benzene rings is 1. The summed E-state index contributed by atoms with van der Waals surface area (Å²) in [6, 6.07) is 3.97. The second-order valence-corrected chi connectivity index (χ2v) is 3.55. The number of aryl methyl sites for hydroxylation is 1. The topological polar surface area (TPSA) is 33.0 Å². The van der Waals surface area contributed by atoms with Crippen molar-refractivity contribution in [2.45, 2.75) is 20.3 Å². The van der Waals surface area contributed by atoms with Gasteiger partial charge in [-0.15, -0.1) is 0 Å². The fraction of sp³-hybridized carbons (Fsp3) is 0.364. The van der Waals surface area contributed by atoms with Crippen molar-refractivity contribution in [1.29, 1.82) is 5.26 Å². The Morgan fingerprint density at radius 3 is 2.64 bits per heavy atom. The molecule has 0 bridgehead atoms. The third-order valence-corrected chi connectivity index (χ3v) is 2.64. The summed E-state index contributed by atoms with van der Waals surface area (Å²) in [7, 11) is 1.61. The molecule has 0 saturated heterocycles. The molecule has 0 saturated carbocycles. The van der Waals surface area contributed by atoms with Gasteiger partial charge in [0.25, 0.3) is 0 Å². The maximum atomic E-state index is 8.70. The fourth-order valence-electron chi connectivity index (χ4n) is 1.49. The predicted molar refractivity (Wildman–Crippen MR) is 56.8 cm³/mol. The van der Waals surface area contributed by atoms with E-state index in [1.807, 2.05) is 19.9 Å². The number of nitrogens with zero attached hydrogens (tertiary/aromatic N) is 1. The van der Waals surface area contributed by atoms with E-state index in [0.717, 1.165) is 22.4 Å². The van der Waals surface area contributed by atoms with Gasteiger partial charge in [-0.3, -0.25) is 0 Å². The van der Waals surface area contributed by atoms with Crippen LogP contribution >= 0.6 is 11.6 Å². The van der Waals surface area contributed by atoms with Crippen molar-refractivity contribution >= 4 is 11.6 Å². The molecule has 1 rings (SSSR count). The molecule has 0 atom stereocenters. The van der Waals surface area contributed by atoms with Crippen LogP contribution in [0.1, 0.15) is 16.7 Å². The molecule has 0 fully saturated rings. The zero-order valence-electron chi connectivity index (χ0n) is 8.52. The van der Waals surface area contributed by atoms with Crippen molar-refractivity contribution in [2.75, 3.05) is 7.11 Å². The molecule has 0 aliphatic rings. The van der Waals surface area contributed by atoms with E-state index in [2.05, 4.69) is 6.07 Å². The van der Waals surface area contributed by atoms with Crippen molar-refractivity contribution in [3.8, 4) is 11.8 Å². The molecule has 3 heteroatoms. The Kier molecular flexibility index (Phi) is 3.38. The van der Waals surface area contributed by atoms with Gasteiger partial charge in [-0.1, -0.05) is 11.6 Å². The molecule has 1 aromatic carbocycles. The van der Waals surface area contributed by atoms with Gasteiger partial charge in [0.1, 0.15) is 5.75 Å². The van der Waals surface area contributed by atoms with E-state index < -0.39 is 0 Å². The van der Waals surface area contributed by atoms with Gasteiger partial charge in [-0.05, 0) is 31.0 Å². The largest absolute Gasteiger partial charge is 0.496 e. The van der Waals surface area contributed by atoms with Crippen molar-refractivity contribution in [3.63, 3.8) is 0 Å². The van der Waals surface area contributed by atoms with E-state index in [1.54, 1.807) is 7.11 Å². The van der Waals surface area contributed by atoms with Crippen LogP contribution in [0.4, 0.5) is 0 Å². The van der Waals surface area contributed by atoms with Crippen LogP contribution in [-0.4, -0.2) is 7.11 Å². The second kappa shape index (κ2) is 4.34. The molecule has 0 aromatic heterocycles. The van der Waals surface area contributed by atoms with E-state index in [9.17, 15) is 0 Å². The van der Waals surface area contributed by atoms with Crippen LogP contribution < -0.4 is 4.74 Å². The van der Waals surface area contributed by atoms with Crippen molar-refractivity contribution in [1.82, 2.24) is 0 Å². The molecule has 2 nitrogen and oxygen atoms in total. The van der Waals surface area contributed by atoms with E-state index in [1.165, 1.54) is 0 Å². The van der Waals surface area contributed by atoms with Gasteiger partial charge < -0.3 is 4.74 Å². The molecule has 0 radical (unpaired) electrons. The summed E-state index contributed by atoms with van der Waals surface area (Å²) in [6.45, 7) is 3.82. The Morgan fingerprint density at radius 2 is 2.14 bits per heavy atom.